The predicted molar refractivity (Wildman–Crippen MR) is 66.7 cm³/mol. The van der Waals surface area contributed by atoms with Crippen LogP contribution < -0.4 is 0 Å². The first-order valence-corrected chi connectivity index (χ1v) is 6.33. The Hall–Kier alpha value is -0.120. The molecule has 0 N–H and O–H groups in total. The van der Waals surface area contributed by atoms with Crippen LogP contribution in [0.3, 0.4) is 0 Å². The maximum Gasteiger partial charge on any atom is 0.0519 e. The Morgan fingerprint density at radius 3 is 2.50 bits per heavy atom. The average molecular weight is 229 g/mol. The number of hydrogen-bond acceptors (Lipinski definition) is 3. The van der Waals surface area contributed by atoms with Gasteiger partial charge in [-0.05, 0) is 52.6 Å². The highest BCUT2D eigenvalue weighted by Gasteiger charge is 2.41. The number of methoxy groups -OCH3 is 1. The van der Waals surface area contributed by atoms with Gasteiger partial charge in [0.25, 0.3) is 0 Å². The minimum absolute atomic E-state index is 0.349. The second-order valence-electron chi connectivity index (χ2n) is 5.35. The summed E-state index contributed by atoms with van der Waals surface area (Å²) in [5.74, 6) is 1.47. The molecule has 0 radical (unpaired) electrons. The van der Waals surface area contributed by atoms with Crippen molar-refractivity contribution in [3.8, 4) is 0 Å². The SMILES string of the molecule is COCCC1C(COC(C)C)CC1N(C)C. The van der Waals surface area contributed by atoms with Crippen molar-refractivity contribution in [2.75, 3.05) is 34.4 Å². The van der Waals surface area contributed by atoms with Crippen LogP contribution in [0.2, 0.25) is 0 Å². The van der Waals surface area contributed by atoms with E-state index in [0.29, 0.717) is 6.10 Å². The molecule has 0 aromatic rings. The predicted octanol–water partition coefficient (Wildman–Crippen LogP) is 2.01. The molecule has 0 aromatic carbocycles. The summed E-state index contributed by atoms with van der Waals surface area (Å²) in [6, 6.07) is 0.718. The van der Waals surface area contributed by atoms with Crippen LogP contribution in [-0.2, 0) is 9.47 Å². The molecule has 0 aliphatic heterocycles. The fraction of sp³-hybridized carbons (Fsp3) is 1.00. The van der Waals surface area contributed by atoms with Crippen molar-refractivity contribution in [2.45, 2.75) is 38.8 Å². The summed E-state index contributed by atoms with van der Waals surface area (Å²) >= 11 is 0. The summed E-state index contributed by atoms with van der Waals surface area (Å²) in [5, 5.41) is 0. The summed E-state index contributed by atoms with van der Waals surface area (Å²) in [6.07, 6.45) is 2.78. The smallest absolute Gasteiger partial charge is 0.0519 e. The van der Waals surface area contributed by atoms with Gasteiger partial charge in [0.15, 0.2) is 0 Å². The van der Waals surface area contributed by atoms with E-state index in [4.69, 9.17) is 9.47 Å². The van der Waals surface area contributed by atoms with Crippen LogP contribution in [0.5, 0.6) is 0 Å². The van der Waals surface area contributed by atoms with Crippen molar-refractivity contribution in [3.05, 3.63) is 0 Å². The molecule has 1 aliphatic carbocycles. The Morgan fingerprint density at radius 2 is 2.00 bits per heavy atom. The van der Waals surface area contributed by atoms with Gasteiger partial charge >= 0.3 is 0 Å². The highest BCUT2D eigenvalue weighted by Crippen LogP contribution is 2.40. The van der Waals surface area contributed by atoms with E-state index in [-0.39, 0.29) is 0 Å². The van der Waals surface area contributed by atoms with Crippen LogP contribution in [0, 0.1) is 11.8 Å². The summed E-state index contributed by atoms with van der Waals surface area (Å²) in [5.41, 5.74) is 0. The fourth-order valence-electron chi connectivity index (χ4n) is 2.56. The zero-order valence-corrected chi connectivity index (χ0v) is 11.4. The Balaban J connectivity index is 2.35. The van der Waals surface area contributed by atoms with Crippen LogP contribution in [0.1, 0.15) is 26.7 Å². The molecule has 0 bridgehead atoms. The van der Waals surface area contributed by atoms with Crippen molar-refractivity contribution in [2.24, 2.45) is 11.8 Å². The van der Waals surface area contributed by atoms with E-state index in [0.717, 1.165) is 37.5 Å². The zero-order valence-electron chi connectivity index (χ0n) is 11.4. The second-order valence-corrected chi connectivity index (χ2v) is 5.35. The third-order valence-electron chi connectivity index (χ3n) is 3.61. The zero-order chi connectivity index (χ0) is 12.1. The van der Waals surface area contributed by atoms with Crippen LogP contribution in [0.4, 0.5) is 0 Å². The number of ether oxygens (including phenoxy) is 2. The number of rotatable bonds is 7. The molecule has 0 saturated heterocycles. The first kappa shape index (κ1) is 13.9. The Labute approximate surface area is 100 Å². The number of hydrogen-bond donors (Lipinski definition) is 0. The quantitative estimate of drug-likeness (QED) is 0.666. The van der Waals surface area contributed by atoms with Gasteiger partial charge in [0, 0.05) is 19.8 Å². The maximum absolute atomic E-state index is 5.72. The third-order valence-corrected chi connectivity index (χ3v) is 3.61. The maximum atomic E-state index is 5.72. The molecule has 3 atom stereocenters. The van der Waals surface area contributed by atoms with E-state index in [9.17, 15) is 0 Å². The lowest BCUT2D eigenvalue weighted by atomic mass is 9.67. The molecule has 96 valence electrons. The minimum atomic E-state index is 0.349. The standard InChI is InChI=1S/C13H27NO2/c1-10(2)16-9-11-8-13(14(3)4)12(11)6-7-15-5/h10-13H,6-9H2,1-5H3. The topological polar surface area (TPSA) is 21.7 Å². The lowest BCUT2D eigenvalue weighted by Gasteiger charge is -2.48. The molecule has 1 saturated carbocycles. The Kier molecular flexibility index (Phi) is 5.73. The molecule has 16 heavy (non-hydrogen) atoms. The fourth-order valence-corrected chi connectivity index (χ4v) is 2.56. The molecule has 3 unspecified atom stereocenters. The van der Waals surface area contributed by atoms with E-state index >= 15 is 0 Å². The summed E-state index contributed by atoms with van der Waals surface area (Å²) in [6.45, 7) is 5.99. The Morgan fingerprint density at radius 1 is 1.31 bits per heavy atom. The molecule has 1 fully saturated rings. The highest BCUT2D eigenvalue weighted by molar-refractivity contribution is 4.93. The molecule has 0 spiro atoms. The van der Waals surface area contributed by atoms with Gasteiger partial charge in [0.05, 0.1) is 12.7 Å². The van der Waals surface area contributed by atoms with Crippen molar-refractivity contribution in [1.29, 1.82) is 0 Å². The van der Waals surface area contributed by atoms with Gasteiger partial charge < -0.3 is 14.4 Å². The van der Waals surface area contributed by atoms with Gasteiger partial charge in [0.2, 0.25) is 0 Å². The summed E-state index contributed by atoms with van der Waals surface area (Å²) in [4.78, 5) is 2.34. The second kappa shape index (κ2) is 6.58. The van der Waals surface area contributed by atoms with Crippen LogP contribution in [0.25, 0.3) is 0 Å². The summed E-state index contributed by atoms with van der Waals surface area (Å²) in [7, 11) is 6.12. The highest BCUT2D eigenvalue weighted by atomic mass is 16.5. The lowest BCUT2D eigenvalue weighted by Crippen LogP contribution is -2.51. The van der Waals surface area contributed by atoms with E-state index in [1.807, 2.05) is 0 Å². The molecule has 0 heterocycles. The molecule has 1 rings (SSSR count). The van der Waals surface area contributed by atoms with Crippen molar-refractivity contribution in [1.82, 2.24) is 4.90 Å². The largest absolute Gasteiger partial charge is 0.385 e. The Bertz CT molecular complexity index is 192. The molecular weight excluding hydrogens is 202 g/mol. The van der Waals surface area contributed by atoms with E-state index < -0.39 is 0 Å². The van der Waals surface area contributed by atoms with Crippen molar-refractivity contribution in [3.63, 3.8) is 0 Å². The molecule has 3 nitrogen and oxygen atoms in total. The first-order chi connectivity index (χ1) is 7.56. The van der Waals surface area contributed by atoms with Crippen molar-refractivity contribution < 1.29 is 9.47 Å². The van der Waals surface area contributed by atoms with Gasteiger partial charge in [0.1, 0.15) is 0 Å². The van der Waals surface area contributed by atoms with E-state index in [1.165, 1.54) is 6.42 Å². The molecule has 1 aliphatic rings. The molecule has 0 aromatic heterocycles. The third kappa shape index (κ3) is 3.72. The van der Waals surface area contributed by atoms with Gasteiger partial charge in [-0.1, -0.05) is 0 Å². The summed E-state index contributed by atoms with van der Waals surface area (Å²) < 4.78 is 10.9. The van der Waals surface area contributed by atoms with E-state index in [1.54, 1.807) is 7.11 Å². The minimum Gasteiger partial charge on any atom is -0.385 e. The van der Waals surface area contributed by atoms with Crippen LogP contribution >= 0.6 is 0 Å². The number of nitrogens with zero attached hydrogens (tertiary/aromatic N) is 1. The van der Waals surface area contributed by atoms with Crippen molar-refractivity contribution >= 4 is 0 Å². The molecule has 3 heteroatoms. The molecular formula is C13H27NO2. The van der Waals surface area contributed by atoms with Gasteiger partial charge in [-0.3, -0.25) is 0 Å². The van der Waals surface area contributed by atoms with Crippen LogP contribution in [0.15, 0.2) is 0 Å². The monoisotopic (exact) mass is 229 g/mol. The van der Waals surface area contributed by atoms with Crippen LogP contribution in [-0.4, -0.2) is 51.5 Å². The normalized spacial score (nSPS) is 29.8. The lowest BCUT2D eigenvalue weighted by molar-refractivity contribution is -0.0528. The van der Waals surface area contributed by atoms with E-state index in [2.05, 4.69) is 32.8 Å². The average Bonchev–Trinajstić information content (AvgIpc) is 2.15. The molecule has 0 amide bonds. The van der Waals surface area contributed by atoms with Gasteiger partial charge in [-0.15, -0.1) is 0 Å². The van der Waals surface area contributed by atoms with Gasteiger partial charge in [-0.2, -0.15) is 0 Å². The first-order valence-electron chi connectivity index (χ1n) is 6.33. The van der Waals surface area contributed by atoms with Gasteiger partial charge in [-0.25, -0.2) is 0 Å².